The summed E-state index contributed by atoms with van der Waals surface area (Å²) >= 11 is 0. The van der Waals surface area contributed by atoms with E-state index in [1.54, 1.807) is 51.2 Å². The van der Waals surface area contributed by atoms with Crippen LogP contribution in [0.3, 0.4) is 0 Å². The molecular weight excluding hydrogens is 399 g/mol. The Hall–Kier alpha value is -3.73. The lowest BCUT2D eigenvalue weighted by Gasteiger charge is -2.21. The highest BCUT2D eigenvalue weighted by atomic mass is 19.1. The van der Waals surface area contributed by atoms with Gasteiger partial charge in [-0.15, -0.1) is 0 Å². The van der Waals surface area contributed by atoms with Gasteiger partial charge >= 0.3 is 6.09 Å². The van der Waals surface area contributed by atoms with Gasteiger partial charge in [-0.2, -0.15) is 4.98 Å². The molecule has 1 atom stereocenters. The number of alkyl carbamates (subject to hydrolysis) is 1. The van der Waals surface area contributed by atoms with Gasteiger partial charge in [-0.05, 0) is 57.5 Å². The number of nitrogens with one attached hydrogen (secondary N) is 1. The second-order valence-corrected chi connectivity index (χ2v) is 7.76. The Balaban J connectivity index is 1.70. The number of amides is 1. The lowest BCUT2D eigenvalue weighted by Crippen LogP contribution is -2.34. The Kier molecular flexibility index (Phi) is 6.65. The van der Waals surface area contributed by atoms with Crippen molar-refractivity contribution < 1.29 is 18.4 Å². The molecule has 1 N–H and O–H groups in total. The minimum Gasteiger partial charge on any atom is -0.444 e. The normalized spacial score (nSPS) is 11.9. The molecule has 2 heterocycles. The van der Waals surface area contributed by atoms with Crippen LogP contribution in [0.2, 0.25) is 0 Å². The summed E-state index contributed by atoms with van der Waals surface area (Å²) in [4.78, 5) is 20.7. The molecule has 160 valence electrons. The van der Waals surface area contributed by atoms with Crippen molar-refractivity contribution in [3.63, 3.8) is 0 Å². The van der Waals surface area contributed by atoms with Gasteiger partial charge in [0.1, 0.15) is 23.2 Å². The third-order valence-electron chi connectivity index (χ3n) is 4.01. The molecule has 3 aromatic rings. The van der Waals surface area contributed by atoms with Crippen LogP contribution in [0.1, 0.15) is 57.2 Å². The molecule has 0 spiro atoms. The standard InChI is InChI=1S/C23H23FN4O3/c1-5-18(26-22(29)30-23(2,3)4)21-27-20(28-31-21)19-12-11-16(14-25-19)10-9-15-7-6-8-17(24)13-15/h6-8,11-14,18H,5H2,1-4H3,(H,26,29). The molecule has 0 aliphatic carbocycles. The van der Waals surface area contributed by atoms with Crippen molar-refractivity contribution in [2.24, 2.45) is 0 Å². The van der Waals surface area contributed by atoms with E-state index < -0.39 is 17.7 Å². The number of pyridine rings is 1. The molecule has 8 heteroatoms. The van der Waals surface area contributed by atoms with Crippen LogP contribution in [0.4, 0.5) is 9.18 Å². The highest BCUT2D eigenvalue weighted by Gasteiger charge is 2.23. The van der Waals surface area contributed by atoms with Crippen LogP contribution >= 0.6 is 0 Å². The van der Waals surface area contributed by atoms with Gasteiger partial charge in [-0.3, -0.25) is 4.98 Å². The van der Waals surface area contributed by atoms with Crippen molar-refractivity contribution in [3.8, 4) is 23.4 Å². The molecule has 31 heavy (non-hydrogen) atoms. The smallest absolute Gasteiger partial charge is 0.408 e. The molecule has 0 aliphatic rings. The first-order chi connectivity index (χ1) is 14.7. The van der Waals surface area contributed by atoms with Gasteiger partial charge in [0.15, 0.2) is 0 Å². The summed E-state index contributed by atoms with van der Waals surface area (Å²) in [6, 6.07) is 9.07. The molecule has 1 unspecified atom stereocenters. The minimum absolute atomic E-state index is 0.264. The number of carbonyl (C=O) groups excluding carboxylic acids is 1. The summed E-state index contributed by atoms with van der Waals surface area (Å²) < 4.78 is 23.8. The zero-order chi connectivity index (χ0) is 22.4. The lowest BCUT2D eigenvalue weighted by atomic mass is 10.2. The number of carbonyl (C=O) groups is 1. The zero-order valence-electron chi connectivity index (χ0n) is 17.8. The predicted molar refractivity (Wildman–Crippen MR) is 112 cm³/mol. The number of ether oxygens (including phenoxy) is 1. The molecule has 0 radical (unpaired) electrons. The summed E-state index contributed by atoms with van der Waals surface area (Å²) in [7, 11) is 0. The van der Waals surface area contributed by atoms with E-state index in [2.05, 4.69) is 32.3 Å². The predicted octanol–water partition coefficient (Wildman–Crippen LogP) is 4.65. The number of nitrogens with zero attached hydrogens (tertiary/aromatic N) is 3. The molecule has 2 aromatic heterocycles. The van der Waals surface area contributed by atoms with Crippen molar-refractivity contribution in [3.05, 3.63) is 65.4 Å². The van der Waals surface area contributed by atoms with E-state index in [1.807, 2.05) is 6.92 Å². The molecule has 0 aliphatic heterocycles. The highest BCUT2D eigenvalue weighted by Crippen LogP contribution is 2.20. The third kappa shape index (κ3) is 6.37. The quantitative estimate of drug-likeness (QED) is 0.616. The number of hydrogen-bond acceptors (Lipinski definition) is 6. The monoisotopic (exact) mass is 422 g/mol. The fourth-order valence-electron chi connectivity index (χ4n) is 2.58. The van der Waals surface area contributed by atoms with Crippen LogP contribution in [-0.4, -0.2) is 26.8 Å². The van der Waals surface area contributed by atoms with Crippen molar-refractivity contribution in [1.29, 1.82) is 0 Å². The molecule has 1 amide bonds. The van der Waals surface area contributed by atoms with Crippen LogP contribution in [0.25, 0.3) is 11.5 Å². The first kappa shape index (κ1) is 22.0. The Morgan fingerprint density at radius 3 is 2.65 bits per heavy atom. The van der Waals surface area contributed by atoms with E-state index in [1.165, 1.54) is 12.1 Å². The molecule has 0 fully saturated rings. The molecule has 0 saturated carbocycles. The van der Waals surface area contributed by atoms with Gasteiger partial charge in [0.05, 0.1) is 0 Å². The first-order valence-corrected chi connectivity index (χ1v) is 9.80. The Labute approximate surface area is 180 Å². The zero-order valence-corrected chi connectivity index (χ0v) is 17.8. The van der Waals surface area contributed by atoms with Gasteiger partial charge in [0.25, 0.3) is 0 Å². The number of halogens is 1. The van der Waals surface area contributed by atoms with Crippen molar-refractivity contribution >= 4 is 6.09 Å². The second-order valence-electron chi connectivity index (χ2n) is 7.76. The Bertz CT molecular complexity index is 1110. The minimum atomic E-state index is -0.606. The van der Waals surface area contributed by atoms with Crippen LogP contribution < -0.4 is 5.32 Å². The molecule has 1 aromatic carbocycles. The lowest BCUT2D eigenvalue weighted by molar-refractivity contribution is 0.0492. The summed E-state index contributed by atoms with van der Waals surface area (Å²) in [5.74, 6) is 6.05. The van der Waals surface area contributed by atoms with Gasteiger partial charge in [0.2, 0.25) is 11.7 Å². The molecule has 7 nitrogen and oxygen atoms in total. The maximum atomic E-state index is 13.2. The highest BCUT2D eigenvalue weighted by molar-refractivity contribution is 5.68. The molecular formula is C23H23FN4O3. The van der Waals surface area contributed by atoms with E-state index in [9.17, 15) is 9.18 Å². The number of aromatic nitrogens is 3. The van der Waals surface area contributed by atoms with Crippen LogP contribution in [-0.2, 0) is 4.74 Å². The average molecular weight is 422 g/mol. The Morgan fingerprint density at radius 1 is 1.23 bits per heavy atom. The van der Waals surface area contributed by atoms with E-state index in [-0.39, 0.29) is 11.7 Å². The van der Waals surface area contributed by atoms with Crippen LogP contribution in [0.5, 0.6) is 0 Å². The largest absolute Gasteiger partial charge is 0.444 e. The second kappa shape index (κ2) is 9.39. The summed E-state index contributed by atoms with van der Waals surface area (Å²) in [5.41, 5.74) is 1.13. The topological polar surface area (TPSA) is 90.1 Å². The summed E-state index contributed by atoms with van der Waals surface area (Å²) in [6.07, 6.45) is 1.56. The van der Waals surface area contributed by atoms with Crippen LogP contribution in [0, 0.1) is 17.7 Å². The van der Waals surface area contributed by atoms with Gasteiger partial charge < -0.3 is 14.6 Å². The first-order valence-electron chi connectivity index (χ1n) is 9.80. The molecule has 0 bridgehead atoms. The van der Waals surface area contributed by atoms with Gasteiger partial charge in [-0.1, -0.05) is 30.0 Å². The van der Waals surface area contributed by atoms with Crippen molar-refractivity contribution in [2.45, 2.75) is 45.8 Å². The summed E-state index contributed by atoms with van der Waals surface area (Å²) in [5, 5.41) is 6.68. The van der Waals surface area contributed by atoms with Gasteiger partial charge in [0, 0.05) is 17.3 Å². The molecule has 0 saturated heterocycles. The fourth-order valence-corrected chi connectivity index (χ4v) is 2.58. The fraction of sp³-hybridized carbons (Fsp3) is 0.304. The van der Waals surface area contributed by atoms with E-state index in [0.717, 1.165) is 0 Å². The van der Waals surface area contributed by atoms with E-state index in [0.29, 0.717) is 29.1 Å². The van der Waals surface area contributed by atoms with Crippen molar-refractivity contribution in [2.75, 3.05) is 0 Å². The van der Waals surface area contributed by atoms with Crippen LogP contribution in [0.15, 0.2) is 47.1 Å². The molecule has 3 rings (SSSR count). The van der Waals surface area contributed by atoms with Crippen molar-refractivity contribution in [1.82, 2.24) is 20.4 Å². The number of hydrogen-bond donors (Lipinski definition) is 1. The number of benzene rings is 1. The maximum absolute atomic E-state index is 13.2. The van der Waals surface area contributed by atoms with E-state index in [4.69, 9.17) is 9.26 Å². The van der Waals surface area contributed by atoms with Gasteiger partial charge in [-0.25, -0.2) is 9.18 Å². The Morgan fingerprint density at radius 2 is 2.00 bits per heavy atom. The maximum Gasteiger partial charge on any atom is 0.408 e. The van der Waals surface area contributed by atoms with E-state index >= 15 is 0 Å². The summed E-state index contributed by atoms with van der Waals surface area (Å²) in [6.45, 7) is 7.25. The third-order valence-corrected chi connectivity index (χ3v) is 4.01. The average Bonchev–Trinajstić information content (AvgIpc) is 3.20. The SMILES string of the molecule is CCC(NC(=O)OC(C)(C)C)c1nc(-c2ccc(C#Cc3cccc(F)c3)cn2)no1. The number of rotatable bonds is 4.